The van der Waals surface area contributed by atoms with E-state index in [0.29, 0.717) is 5.75 Å². The van der Waals surface area contributed by atoms with Gasteiger partial charge in [-0.2, -0.15) is 0 Å². The van der Waals surface area contributed by atoms with E-state index in [1.165, 1.54) is 12.1 Å². The average molecular weight is 356 g/mol. The molecule has 0 unspecified atom stereocenters. The van der Waals surface area contributed by atoms with Crippen LogP contribution in [0.3, 0.4) is 0 Å². The van der Waals surface area contributed by atoms with Gasteiger partial charge in [-0.1, -0.05) is 0 Å². The van der Waals surface area contributed by atoms with Crippen LogP contribution in [0, 0.1) is 10.5 Å². The van der Waals surface area contributed by atoms with E-state index >= 15 is 0 Å². The highest BCUT2D eigenvalue weighted by Gasteiger charge is 2.10. The maximum Gasteiger partial charge on any atom is 0.335 e. The molecule has 1 heterocycles. The number of carboxylic acid groups (broad SMARTS) is 1. The molecule has 0 fully saturated rings. The molecule has 5 nitrogen and oxygen atoms in total. The Labute approximate surface area is 117 Å². The highest BCUT2D eigenvalue weighted by atomic mass is 127. The van der Waals surface area contributed by atoms with Crippen molar-refractivity contribution < 1.29 is 14.6 Å². The third-order valence-electron chi connectivity index (χ3n) is 2.15. The Morgan fingerprint density at radius 3 is 2.83 bits per heavy atom. The van der Waals surface area contributed by atoms with Gasteiger partial charge in [-0.15, -0.1) is 0 Å². The topological polar surface area (TPSA) is 72.3 Å². The van der Waals surface area contributed by atoms with Crippen molar-refractivity contribution in [3.63, 3.8) is 0 Å². The van der Waals surface area contributed by atoms with Crippen LogP contribution in [-0.4, -0.2) is 21.0 Å². The van der Waals surface area contributed by atoms with E-state index in [9.17, 15) is 4.79 Å². The molecule has 0 aliphatic rings. The molecule has 18 heavy (non-hydrogen) atoms. The molecule has 0 bridgehead atoms. The smallest absolute Gasteiger partial charge is 0.335 e. The van der Waals surface area contributed by atoms with Crippen molar-refractivity contribution in [1.29, 1.82) is 0 Å². The Bertz CT molecular complexity index is 602. The predicted octanol–water partition coefficient (Wildman–Crippen LogP) is 2.88. The molecule has 0 aliphatic carbocycles. The second-order valence-corrected chi connectivity index (χ2v) is 4.70. The van der Waals surface area contributed by atoms with E-state index in [1.54, 1.807) is 18.3 Å². The fourth-order valence-electron chi connectivity index (χ4n) is 1.29. The Kier molecular flexibility index (Phi) is 3.75. The van der Waals surface area contributed by atoms with E-state index in [2.05, 4.69) is 32.6 Å². The van der Waals surface area contributed by atoms with Crippen LogP contribution < -0.4 is 4.74 Å². The third-order valence-corrected chi connectivity index (χ3v) is 3.04. The third kappa shape index (κ3) is 2.95. The van der Waals surface area contributed by atoms with E-state index in [4.69, 9.17) is 9.84 Å². The molecule has 92 valence electrons. The zero-order chi connectivity index (χ0) is 13.1. The maximum atomic E-state index is 10.9. The maximum absolute atomic E-state index is 10.9. The van der Waals surface area contributed by atoms with Gasteiger partial charge >= 0.3 is 12.0 Å². The lowest BCUT2D eigenvalue weighted by Gasteiger charge is -2.07. The van der Waals surface area contributed by atoms with Gasteiger partial charge in [0.15, 0.2) is 0 Å². The molecule has 0 saturated carbocycles. The molecule has 6 heteroatoms. The number of aromatic nitrogens is 2. The summed E-state index contributed by atoms with van der Waals surface area (Å²) < 4.78 is 6.28. The minimum absolute atomic E-state index is 0.165. The number of aromatic carboxylic acids is 1. The van der Waals surface area contributed by atoms with Crippen LogP contribution in [0.2, 0.25) is 0 Å². The lowest BCUT2D eigenvalue weighted by Crippen LogP contribution is -1.99. The van der Waals surface area contributed by atoms with Crippen molar-refractivity contribution in [2.45, 2.75) is 6.92 Å². The monoisotopic (exact) mass is 356 g/mol. The molecule has 0 spiro atoms. The minimum atomic E-state index is -0.999. The summed E-state index contributed by atoms with van der Waals surface area (Å²) in [6.45, 7) is 1.83. The molecule has 2 aromatic rings. The fraction of sp³-hybridized carbons (Fsp3) is 0.0833. The predicted molar refractivity (Wildman–Crippen MR) is 73.0 cm³/mol. The first kappa shape index (κ1) is 12.7. The standard InChI is InChI=1S/C12H9IN2O3/c1-7-4-5-14-12(15-7)18-10-6-8(11(16)17)2-3-9(10)13/h2-6H,1H3,(H,16,17). The number of nitrogens with zero attached hydrogens (tertiary/aromatic N) is 2. The van der Waals surface area contributed by atoms with Gasteiger partial charge in [-0.05, 0) is 53.8 Å². The fourth-order valence-corrected chi connectivity index (χ4v) is 1.73. The first-order valence-corrected chi connectivity index (χ1v) is 6.14. The van der Waals surface area contributed by atoms with Crippen molar-refractivity contribution in [2.24, 2.45) is 0 Å². The summed E-state index contributed by atoms with van der Waals surface area (Å²) >= 11 is 2.06. The number of ether oxygens (including phenoxy) is 1. The van der Waals surface area contributed by atoms with Crippen LogP contribution in [-0.2, 0) is 0 Å². The summed E-state index contributed by atoms with van der Waals surface area (Å²) in [6, 6.07) is 6.61. The van der Waals surface area contributed by atoms with Crippen molar-refractivity contribution >= 4 is 28.6 Å². The number of carboxylic acids is 1. The number of hydrogen-bond acceptors (Lipinski definition) is 4. The van der Waals surface area contributed by atoms with Crippen LogP contribution in [0.25, 0.3) is 0 Å². The van der Waals surface area contributed by atoms with Gasteiger partial charge in [0.05, 0.1) is 9.13 Å². The van der Waals surface area contributed by atoms with Crippen molar-refractivity contribution in [1.82, 2.24) is 9.97 Å². The van der Waals surface area contributed by atoms with E-state index in [-0.39, 0.29) is 11.6 Å². The van der Waals surface area contributed by atoms with Gasteiger partial charge in [0.25, 0.3) is 0 Å². The van der Waals surface area contributed by atoms with Crippen molar-refractivity contribution in [3.05, 3.63) is 45.3 Å². The van der Waals surface area contributed by atoms with Gasteiger partial charge in [-0.25, -0.2) is 14.8 Å². The molecular weight excluding hydrogens is 347 g/mol. The van der Waals surface area contributed by atoms with Gasteiger partial charge in [0, 0.05) is 11.9 Å². The summed E-state index contributed by atoms with van der Waals surface area (Å²) in [6.07, 6.45) is 1.59. The molecule has 0 amide bonds. The highest BCUT2D eigenvalue weighted by molar-refractivity contribution is 14.1. The number of carbonyl (C=O) groups is 1. The van der Waals surface area contributed by atoms with Gasteiger partial charge < -0.3 is 9.84 Å². The summed E-state index contributed by atoms with van der Waals surface area (Å²) in [5.41, 5.74) is 0.947. The molecule has 1 N–H and O–H groups in total. The Morgan fingerprint density at radius 2 is 2.17 bits per heavy atom. The molecule has 0 radical (unpaired) electrons. The first-order chi connectivity index (χ1) is 8.56. The van der Waals surface area contributed by atoms with E-state index in [1.807, 2.05) is 6.92 Å². The second kappa shape index (κ2) is 5.30. The molecule has 0 saturated heterocycles. The average Bonchev–Trinajstić information content (AvgIpc) is 2.31. The summed E-state index contributed by atoms with van der Waals surface area (Å²) in [5.74, 6) is -0.567. The largest absolute Gasteiger partial charge is 0.478 e. The summed E-state index contributed by atoms with van der Waals surface area (Å²) in [7, 11) is 0. The van der Waals surface area contributed by atoms with Crippen LogP contribution in [0.15, 0.2) is 30.5 Å². The molecule has 2 rings (SSSR count). The zero-order valence-corrected chi connectivity index (χ0v) is 11.6. The summed E-state index contributed by atoms with van der Waals surface area (Å²) in [5, 5.41) is 8.92. The number of rotatable bonds is 3. The SMILES string of the molecule is Cc1ccnc(Oc2cc(C(=O)O)ccc2I)n1. The van der Waals surface area contributed by atoms with Crippen LogP contribution in [0.4, 0.5) is 0 Å². The highest BCUT2D eigenvalue weighted by Crippen LogP contribution is 2.26. The molecule has 1 aromatic heterocycles. The van der Waals surface area contributed by atoms with Crippen molar-refractivity contribution in [2.75, 3.05) is 0 Å². The molecule has 0 atom stereocenters. The zero-order valence-electron chi connectivity index (χ0n) is 9.42. The normalized spacial score (nSPS) is 10.1. The lowest BCUT2D eigenvalue weighted by atomic mass is 10.2. The lowest BCUT2D eigenvalue weighted by molar-refractivity contribution is 0.0696. The Hall–Kier alpha value is -1.70. The van der Waals surface area contributed by atoms with E-state index < -0.39 is 5.97 Å². The Morgan fingerprint density at radius 1 is 1.39 bits per heavy atom. The molecule has 0 aliphatic heterocycles. The number of halogens is 1. The van der Waals surface area contributed by atoms with Gasteiger partial charge in [-0.3, -0.25) is 0 Å². The quantitative estimate of drug-likeness (QED) is 0.857. The van der Waals surface area contributed by atoms with Gasteiger partial charge in [0.2, 0.25) is 0 Å². The molecule has 1 aromatic carbocycles. The van der Waals surface area contributed by atoms with Crippen molar-refractivity contribution in [3.8, 4) is 11.8 Å². The first-order valence-electron chi connectivity index (χ1n) is 5.06. The molecular formula is C12H9IN2O3. The number of benzene rings is 1. The summed E-state index contributed by atoms with van der Waals surface area (Å²) in [4.78, 5) is 18.9. The number of hydrogen-bond donors (Lipinski definition) is 1. The number of aryl methyl sites for hydroxylation is 1. The van der Waals surface area contributed by atoms with E-state index in [0.717, 1.165) is 9.26 Å². The second-order valence-electron chi connectivity index (χ2n) is 3.53. The minimum Gasteiger partial charge on any atom is -0.478 e. The van der Waals surface area contributed by atoms with Crippen LogP contribution >= 0.6 is 22.6 Å². The van der Waals surface area contributed by atoms with Crippen LogP contribution in [0.5, 0.6) is 11.8 Å². The van der Waals surface area contributed by atoms with Gasteiger partial charge in [0.1, 0.15) is 5.75 Å². The Balaban J connectivity index is 2.33. The van der Waals surface area contributed by atoms with Crippen LogP contribution in [0.1, 0.15) is 16.1 Å².